The maximum atomic E-state index is 15.5. The molecule has 3 heterocycles. The Kier molecular flexibility index (Phi) is 6.97. The normalized spacial score (nSPS) is 13.9. The molecule has 1 aliphatic rings. The Morgan fingerprint density at radius 2 is 1.84 bits per heavy atom. The maximum absolute atomic E-state index is 15.5. The van der Waals surface area contributed by atoms with Gasteiger partial charge in [0, 0.05) is 66.4 Å². The van der Waals surface area contributed by atoms with E-state index in [4.69, 9.17) is 0 Å². The number of halogens is 1. The van der Waals surface area contributed by atoms with E-state index in [9.17, 15) is 13.2 Å². The zero-order valence-electron chi connectivity index (χ0n) is 21.4. The topological polar surface area (TPSA) is 121 Å². The highest BCUT2D eigenvalue weighted by Gasteiger charge is 2.26. The number of anilines is 1. The molecule has 1 fully saturated rings. The number of nitrogens with one attached hydrogen (secondary N) is 2. The van der Waals surface area contributed by atoms with Crippen LogP contribution in [0.3, 0.4) is 0 Å². The Balaban J connectivity index is 1.42. The number of fused-ring (bicyclic) bond motifs is 1. The van der Waals surface area contributed by atoms with Gasteiger partial charge in [-0.3, -0.25) is 9.52 Å². The molecule has 1 aliphatic carbocycles. The van der Waals surface area contributed by atoms with Crippen molar-refractivity contribution in [2.75, 3.05) is 18.3 Å². The number of hydrogen-bond acceptors (Lipinski definition) is 6. The SMILES string of the molecule is CC(C)c1ncc(-c2cnc3[nH]cc(C(=O)c4cccc(NS(=O)(=O)N(C)CCC5CC5)c4F)c3c2)cn1. The van der Waals surface area contributed by atoms with Gasteiger partial charge in [-0.05, 0) is 30.5 Å². The van der Waals surface area contributed by atoms with Crippen LogP contribution in [-0.4, -0.2) is 52.0 Å². The number of hydrogen-bond donors (Lipinski definition) is 2. The lowest BCUT2D eigenvalue weighted by Gasteiger charge is -2.19. The van der Waals surface area contributed by atoms with E-state index in [-0.39, 0.29) is 22.7 Å². The summed E-state index contributed by atoms with van der Waals surface area (Å²) in [6, 6.07) is 5.86. The van der Waals surface area contributed by atoms with Crippen molar-refractivity contribution in [1.82, 2.24) is 24.2 Å². The number of pyridine rings is 1. The summed E-state index contributed by atoms with van der Waals surface area (Å²) in [5, 5.41) is 0.505. The highest BCUT2D eigenvalue weighted by Crippen LogP contribution is 2.33. The largest absolute Gasteiger partial charge is 0.345 e. The van der Waals surface area contributed by atoms with Gasteiger partial charge < -0.3 is 4.98 Å². The predicted molar refractivity (Wildman–Crippen MR) is 144 cm³/mol. The molecular formula is C27H29FN6O3S. The van der Waals surface area contributed by atoms with Gasteiger partial charge in [-0.2, -0.15) is 12.7 Å². The Labute approximate surface area is 220 Å². The Morgan fingerprint density at radius 1 is 1.13 bits per heavy atom. The summed E-state index contributed by atoms with van der Waals surface area (Å²) in [7, 11) is -2.52. The minimum Gasteiger partial charge on any atom is -0.345 e. The summed E-state index contributed by atoms with van der Waals surface area (Å²) in [5.41, 5.74) is 1.59. The third kappa shape index (κ3) is 5.30. The number of ketones is 1. The summed E-state index contributed by atoms with van der Waals surface area (Å²) >= 11 is 0. The van der Waals surface area contributed by atoms with Crippen LogP contribution >= 0.6 is 0 Å². The van der Waals surface area contributed by atoms with Crippen LogP contribution in [-0.2, 0) is 10.2 Å². The fourth-order valence-electron chi connectivity index (χ4n) is 4.17. The summed E-state index contributed by atoms with van der Waals surface area (Å²) in [6.45, 7) is 4.36. The molecule has 0 unspecified atom stereocenters. The number of aromatic amines is 1. The first kappa shape index (κ1) is 25.9. The molecule has 2 N–H and O–H groups in total. The van der Waals surface area contributed by atoms with Gasteiger partial charge in [-0.25, -0.2) is 19.3 Å². The van der Waals surface area contributed by atoms with Gasteiger partial charge in [0.25, 0.3) is 0 Å². The minimum atomic E-state index is -3.98. The maximum Gasteiger partial charge on any atom is 0.301 e. The van der Waals surface area contributed by atoms with Gasteiger partial charge in [0.2, 0.25) is 0 Å². The Morgan fingerprint density at radius 3 is 2.53 bits per heavy atom. The lowest BCUT2D eigenvalue weighted by molar-refractivity contribution is 0.103. The molecule has 0 atom stereocenters. The summed E-state index contributed by atoms with van der Waals surface area (Å²) in [5.74, 6) is -0.0595. The van der Waals surface area contributed by atoms with E-state index >= 15 is 4.39 Å². The van der Waals surface area contributed by atoms with Gasteiger partial charge in [0.1, 0.15) is 11.5 Å². The van der Waals surface area contributed by atoms with Gasteiger partial charge in [0.05, 0.1) is 11.3 Å². The molecule has 11 heteroatoms. The van der Waals surface area contributed by atoms with Crippen LogP contribution in [0.4, 0.5) is 10.1 Å². The van der Waals surface area contributed by atoms with E-state index in [1.54, 1.807) is 24.7 Å². The van der Waals surface area contributed by atoms with Crippen LogP contribution < -0.4 is 4.72 Å². The fourth-order valence-corrected chi connectivity index (χ4v) is 5.11. The molecule has 1 aromatic carbocycles. The van der Waals surface area contributed by atoms with Crippen LogP contribution in [0.5, 0.6) is 0 Å². The molecule has 9 nitrogen and oxygen atoms in total. The van der Waals surface area contributed by atoms with Crippen molar-refractivity contribution in [3.05, 3.63) is 71.8 Å². The number of aromatic nitrogens is 4. The summed E-state index contributed by atoms with van der Waals surface area (Å²) in [6.07, 6.45) is 9.53. The summed E-state index contributed by atoms with van der Waals surface area (Å²) in [4.78, 5) is 29.6. The first-order valence-electron chi connectivity index (χ1n) is 12.5. The molecule has 4 aromatic rings. The van der Waals surface area contributed by atoms with Crippen molar-refractivity contribution in [3.8, 4) is 11.1 Å². The quantitative estimate of drug-likeness (QED) is 0.278. The van der Waals surface area contributed by atoms with E-state index in [1.165, 1.54) is 35.7 Å². The Hall–Kier alpha value is -3.70. The predicted octanol–water partition coefficient (Wildman–Crippen LogP) is 4.90. The second-order valence-corrected chi connectivity index (χ2v) is 11.7. The van der Waals surface area contributed by atoms with Gasteiger partial charge >= 0.3 is 10.2 Å². The highest BCUT2D eigenvalue weighted by molar-refractivity contribution is 7.90. The highest BCUT2D eigenvalue weighted by atomic mass is 32.2. The van der Waals surface area contributed by atoms with Crippen molar-refractivity contribution < 1.29 is 17.6 Å². The number of carbonyl (C=O) groups is 1. The van der Waals surface area contributed by atoms with Crippen molar-refractivity contribution in [3.63, 3.8) is 0 Å². The molecule has 0 spiro atoms. The number of nitrogens with zero attached hydrogens (tertiary/aromatic N) is 4. The second-order valence-electron chi connectivity index (χ2n) is 9.96. The molecule has 0 aliphatic heterocycles. The van der Waals surface area contributed by atoms with Crippen molar-refractivity contribution in [1.29, 1.82) is 0 Å². The molecule has 3 aromatic heterocycles. The van der Waals surface area contributed by atoms with Crippen LogP contribution in [0, 0.1) is 11.7 Å². The number of benzene rings is 1. The van der Waals surface area contributed by atoms with Crippen molar-refractivity contribution in [2.24, 2.45) is 5.92 Å². The van der Waals surface area contributed by atoms with Crippen molar-refractivity contribution >= 4 is 32.7 Å². The lowest BCUT2D eigenvalue weighted by Crippen LogP contribution is -2.33. The third-order valence-electron chi connectivity index (χ3n) is 6.74. The standard InChI is InChI=1S/C27H29FN6O3S/c1-16(2)26-29-13-19(14-30-26)18-11-21-22(15-32-27(21)31-12-18)25(35)20-5-4-6-23(24(20)28)33-38(36,37)34(3)10-9-17-7-8-17/h4-6,11-17,33H,7-10H2,1-3H3,(H,31,32). The molecule has 0 saturated heterocycles. The fraction of sp³-hybridized carbons (Fsp3) is 0.333. The first-order valence-corrected chi connectivity index (χ1v) is 13.9. The van der Waals surface area contributed by atoms with E-state index in [1.807, 2.05) is 13.8 Å². The summed E-state index contributed by atoms with van der Waals surface area (Å²) < 4.78 is 44.4. The minimum absolute atomic E-state index is 0.192. The second kappa shape index (κ2) is 10.2. The number of carbonyl (C=O) groups excluding carboxylic acids is 1. The van der Waals surface area contributed by atoms with Crippen LogP contribution in [0.1, 0.15) is 60.8 Å². The van der Waals surface area contributed by atoms with Crippen LogP contribution in [0.15, 0.2) is 49.1 Å². The molecule has 1 saturated carbocycles. The van der Waals surface area contributed by atoms with Crippen molar-refractivity contribution in [2.45, 2.75) is 39.0 Å². The van der Waals surface area contributed by atoms with Gasteiger partial charge in [-0.15, -0.1) is 0 Å². The average Bonchev–Trinajstić information content (AvgIpc) is 3.64. The first-order chi connectivity index (χ1) is 18.1. The van der Waals surface area contributed by atoms with Crippen LogP contribution in [0.2, 0.25) is 0 Å². The molecule has 5 rings (SSSR count). The smallest absolute Gasteiger partial charge is 0.301 e. The molecule has 0 amide bonds. The van der Waals surface area contributed by atoms with E-state index in [0.717, 1.165) is 30.7 Å². The van der Waals surface area contributed by atoms with E-state index in [0.29, 0.717) is 29.1 Å². The number of rotatable bonds is 10. The molecule has 198 valence electrons. The lowest BCUT2D eigenvalue weighted by atomic mass is 10.0. The van der Waals surface area contributed by atoms with E-state index in [2.05, 4.69) is 24.7 Å². The zero-order valence-corrected chi connectivity index (χ0v) is 22.2. The Bertz CT molecular complexity index is 1600. The zero-order chi connectivity index (χ0) is 27.0. The average molecular weight is 537 g/mol. The van der Waals surface area contributed by atoms with Gasteiger partial charge in [0.15, 0.2) is 11.6 Å². The number of H-pyrrole nitrogens is 1. The molecule has 0 radical (unpaired) electrons. The monoisotopic (exact) mass is 536 g/mol. The third-order valence-corrected chi connectivity index (χ3v) is 8.22. The van der Waals surface area contributed by atoms with Gasteiger partial charge in [-0.1, -0.05) is 32.8 Å². The molecular weight excluding hydrogens is 507 g/mol. The van der Waals surface area contributed by atoms with Crippen LogP contribution in [0.25, 0.3) is 22.2 Å². The molecule has 0 bridgehead atoms. The molecule has 38 heavy (non-hydrogen) atoms. The van der Waals surface area contributed by atoms with E-state index < -0.39 is 21.8 Å².